The fourth-order valence-corrected chi connectivity index (χ4v) is 2.62. The van der Waals surface area contributed by atoms with Crippen LogP contribution in [0.4, 0.5) is 0 Å². The summed E-state index contributed by atoms with van der Waals surface area (Å²) in [7, 11) is 3.49. The van der Waals surface area contributed by atoms with Crippen LogP contribution in [0.15, 0.2) is 29.5 Å². The fraction of sp³-hybridized carbons (Fsp3) is 0.667. The summed E-state index contributed by atoms with van der Waals surface area (Å²) < 4.78 is 10.7. The van der Waals surface area contributed by atoms with Gasteiger partial charge in [0.05, 0.1) is 13.2 Å². The largest absolute Gasteiger partial charge is 0.384 e. The molecule has 0 aromatic heterocycles. The summed E-state index contributed by atoms with van der Waals surface area (Å²) >= 11 is 0. The zero-order valence-corrected chi connectivity index (χ0v) is 11.5. The smallest absolute Gasteiger partial charge is 0.0547 e. The molecule has 96 valence electrons. The molecule has 0 heterocycles. The third kappa shape index (κ3) is 3.32. The Morgan fingerprint density at radius 2 is 1.94 bits per heavy atom. The normalized spacial score (nSPS) is 19.1. The lowest BCUT2D eigenvalue weighted by Crippen LogP contribution is -2.34. The van der Waals surface area contributed by atoms with Crippen molar-refractivity contribution < 1.29 is 9.47 Å². The Kier molecular flexibility index (Phi) is 5.20. The van der Waals surface area contributed by atoms with E-state index >= 15 is 0 Å². The molecule has 0 amide bonds. The van der Waals surface area contributed by atoms with Crippen LogP contribution in [0.5, 0.6) is 0 Å². The number of allylic oxidation sites excluding steroid dienone is 3. The van der Waals surface area contributed by atoms with E-state index in [4.69, 9.17) is 9.47 Å². The molecule has 0 aliphatic heterocycles. The fourth-order valence-electron chi connectivity index (χ4n) is 2.62. The van der Waals surface area contributed by atoms with E-state index in [1.165, 1.54) is 11.1 Å². The monoisotopic (exact) mass is 236 g/mol. The Bertz CT molecular complexity index is 327. The number of methoxy groups -OCH3 is 2. The van der Waals surface area contributed by atoms with E-state index in [1.54, 1.807) is 14.2 Å². The molecule has 1 rings (SSSR count). The summed E-state index contributed by atoms with van der Waals surface area (Å²) in [5.41, 5.74) is 5.75. The van der Waals surface area contributed by atoms with Crippen molar-refractivity contribution in [1.29, 1.82) is 0 Å². The average Bonchev–Trinajstić information content (AvgIpc) is 2.29. The van der Waals surface area contributed by atoms with Crippen molar-refractivity contribution in [2.75, 3.05) is 27.4 Å². The van der Waals surface area contributed by atoms with E-state index in [0.717, 1.165) is 12.8 Å². The first kappa shape index (κ1) is 14.2. The van der Waals surface area contributed by atoms with Gasteiger partial charge in [0, 0.05) is 19.6 Å². The van der Waals surface area contributed by atoms with E-state index < -0.39 is 0 Å². The average molecular weight is 236 g/mol. The number of ether oxygens (including phenoxy) is 2. The second kappa shape index (κ2) is 6.20. The highest BCUT2D eigenvalue weighted by Gasteiger charge is 2.35. The Hall–Kier alpha value is -0.820. The summed E-state index contributed by atoms with van der Waals surface area (Å²) in [6.45, 7) is 9.67. The van der Waals surface area contributed by atoms with Gasteiger partial charge in [0.2, 0.25) is 0 Å². The lowest BCUT2D eigenvalue weighted by Gasteiger charge is -2.37. The van der Waals surface area contributed by atoms with Crippen molar-refractivity contribution in [3.63, 3.8) is 0 Å². The van der Waals surface area contributed by atoms with Gasteiger partial charge in [-0.25, -0.2) is 0 Å². The highest BCUT2D eigenvalue weighted by molar-refractivity contribution is 5.36. The minimum atomic E-state index is 0.0575. The third-order valence-electron chi connectivity index (χ3n) is 3.39. The van der Waals surface area contributed by atoms with Crippen LogP contribution in [0, 0.1) is 11.3 Å². The summed E-state index contributed by atoms with van der Waals surface area (Å²) in [6, 6.07) is 0. The number of hydrogen-bond donors (Lipinski definition) is 0. The van der Waals surface area contributed by atoms with Gasteiger partial charge in [0.25, 0.3) is 0 Å². The summed E-state index contributed by atoms with van der Waals surface area (Å²) in [5.74, 6) is 0.530. The van der Waals surface area contributed by atoms with Crippen molar-refractivity contribution in [3.8, 4) is 0 Å². The molecule has 0 saturated carbocycles. The van der Waals surface area contributed by atoms with Gasteiger partial charge >= 0.3 is 0 Å². The molecule has 0 unspecified atom stereocenters. The Morgan fingerprint density at radius 1 is 1.35 bits per heavy atom. The van der Waals surface area contributed by atoms with E-state index in [1.807, 2.05) is 0 Å². The Morgan fingerprint density at radius 3 is 2.35 bits per heavy atom. The van der Waals surface area contributed by atoms with Gasteiger partial charge in [-0.2, -0.15) is 0 Å². The van der Waals surface area contributed by atoms with E-state index in [2.05, 4.69) is 32.2 Å². The molecule has 2 nitrogen and oxygen atoms in total. The second-order valence-corrected chi connectivity index (χ2v) is 5.22. The molecule has 0 bridgehead atoms. The SMILES string of the molecule is C=C=C1CC(COC)(COC)CC=C1C(C)C. The molecule has 0 radical (unpaired) electrons. The molecule has 0 aromatic carbocycles. The summed E-state index contributed by atoms with van der Waals surface area (Å²) in [6.07, 6.45) is 4.26. The molecular weight excluding hydrogens is 212 g/mol. The maximum Gasteiger partial charge on any atom is 0.0547 e. The van der Waals surface area contributed by atoms with Gasteiger partial charge in [-0.1, -0.05) is 26.5 Å². The molecule has 1 aliphatic rings. The van der Waals surface area contributed by atoms with Crippen LogP contribution in [0.2, 0.25) is 0 Å². The summed E-state index contributed by atoms with van der Waals surface area (Å²) in [5, 5.41) is 0. The predicted octanol–water partition coefficient (Wildman–Crippen LogP) is 3.35. The first-order valence-corrected chi connectivity index (χ1v) is 6.16. The van der Waals surface area contributed by atoms with Crippen LogP contribution in [0.1, 0.15) is 26.7 Å². The standard InChI is InChI=1S/C15H24O2/c1-6-13-9-15(10-16-4,11-17-5)8-7-14(13)12(2)3/h7,12H,1,8-11H2,2-5H3. The van der Waals surface area contributed by atoms with Crippen LogP contribution in [-0.2, 0) is 9.47 Å². The number of rotatable bonds is 5. The highest BCUT2D eigenvalue weighted by Crippen LogP contribution is 2.40. The van der Waals surface area contributed by atoms with Gasteiger partial charge < -0.3 is 9.47 Å². The first-order chi connectivity index (χ1) is 8.08. The van der Waals surface area contributed by atoms with Gasteiger partial charge in [-0.15, -0.1) is 5.73 Å². The van der Waals surface area contributed by atoms with Crippen molar-refractivity contribution in [3.05, 3.63) is 29.5 Å². The molecular formula is C15H24O2. The molecule has 0 N–H and O–H groups in total. The molecule has 0 atom stereocenters. The molecule has 0 spiro atoms. The van der Waals surface area contributed by atoms with Crippen molar-refractivity contribution >= 4 is 0 Å². The number of hydrogen-bond acceptors (Lipinski definition) is 2. The topological polar surface area (TPSA) is 18.5 Å². The van der Waals surface area contributed by atoms with Crippen molar-refractivity contribution in [1.82, 2.24) is 0 Å². The van der Waals surface area contributed by atoms with Crippen molar-refractivity contribution in [2.24, 2.45) is 11.3 Å². The van der Waals surface area contributed by atoms with Crippen LogP contribution >= 0.6 is 0 Å². The predicted molar refractivity (Wildman–Crippen MR) is 71.0 cm³/mol. The van der Waals surface area contributed by atoms with Crippen LogP contribution < -0.4 is 0 Å². The van der Waals surface area contributed by atoms with Crippen LogP contribution in [-0.4, -0.2) is 27.4 Å². The molecule has 17 heavy (non-hydrogen) atoms. The Balaban J connectivity index is 2.98. The van der Waals surface area contributed by atoms with Gasteiger partial charge in [0.1, 0.15) is 0 Å². The van der Waals surface area contributed by atoms with E-state index in [9.17, 15) is 0 Å². The third-order valence-corrected chi connectivity index (χ3v) is 3.39. The van der Waals surface area contributed by atoms with Crippen LogP contribution in [0.25, 0.3) is 0 Å². The minimum Gasteiger partial charge on any atom is -0.384 e. The maximum atomic E-state index is 5.36. The molecule has 0 fully saturated rings. The first-order valence-electron chi connectivity index (χ1n) is 6.16. The van der Waals surface area contributed by atoms with Gasteiger partial charge in [-0.3, -0.25) is 0 Å². The van der Waals surface area contributed by atoms with Crippen LogP contribution in [0.3, 0.4) is 0 Å². The van der Waals surface area contributed by atoms with Gasteiger partial charge in [0.15, 0.2) is 0 Å². The second-order valence-electron chi connectivity index (χ2n) is 5.22. The lowest BCUT2D eigenvalue weighted by molar-refractivity contribution is 0.01000. The quantitative estimate of drug-likeness (QED) is 0.681. The minimum absolute atomic E-state index is 0.0575. The Labute approximate surface area is 105 Å². The molecule has 2 heteroatoms. The molecule has 1 aliphatic carbocycles. The van der Waals surface area contributed by atoms with E-state index in [-0.39, 0.29) is 5.41 Å². The maximum absolute atomic E-state index is 5.36. The zero-order chi connectivity index (χ0) is 12.9. The lowest BCUT2D eigenvalue weighted by atomic mass is 9.72. The summed E-state index contributed by atoms with van der Waals surface area (Å²) in [4.78, 5) is 0. The van der Waals surface area contributed by atoms with Gasteiger partial charge in [-0.05, 0) is 29.9 Å². The zero-order valence-electron chi connectivity index (χ0n) is 11.5. The van der Waals surface area contributed by atoms with E-state index in [0.29, 0.717) is 19.1 Å². The molecule has 0 saturated heterocycles. The van der Waals surface area contributed by atoms with Crippen molar-refractivity contribution in [2.45, 2.75) is 26.7 Å². The molecule has 0 aromatic rings. The highest BCUT2D eigenvalue weighted by atomic mass is 16.5.